The van der Waals surface area contributed by atoms with Gasteiger partial charge in [0.05, 0.1) is 30.9 Å². The smallest absolute Gasteiger partial charge is 0.410 e. The van der Waals surface area contributed by atoms with Crippen LogP contribution in [-0.2, 0) is 9.53 Å². The van der Waals surface area contributed by atoms with Crippen LogP contribution in [0.5, 0.6) is 5.75 Å². The van der Waals surface area contributed by atoms with Crippen molar-refractivity contribution in [3.63, 3.8) is 0 Å². The maximum absolute atomic E-state index is 13.3. The van der Waals surface area contributed by atoms with Crippen LogP contribution in [0.3, 0.4) is 0 Å². The Labute approximate surface area is 235 Å². The third-order valence-corrected chi connectivity index (χ3v) is 6.42. The molecule has 9 nitrogen and oxygen atoms in total. The molecule has 1 aliphatic heterocycles. The molecule has 3 aromatic rings. The number of nitrogens with one attached hydrogen (secondary N) is 2. The van der Waals surface area contributed by atoms with Gasteiger partial charge in [0.2, 0.25) is 5.91 Å². The fourth-order valence-corrected chi connectivity index (χ4v) is 4.21. The molecule has 1 fully saturated rings. The zero-order valence-corrected chi connectivity index (χ0v) is 23.3. The Morgan fingerprint density at radius 3 is 2.35 bits per heavy atom. The molecule has 2 heterocycles. The minimum absolute atomic E-state index is 0.124. The number of carbonyl (C=O) groups is 2. The summed E-state index contributed by atoms with van der Waals surface area (Å²) in [5.41, 5.74) is 2.00. The number of rotatable bonds is 9. The Bertz CT molecular complexity index is 1330. The van der Waals surface area contributed by atoms with Crippen molar-refractivity contribution in [1.29, 1.82) is 5.26 Å². The summed E-state index contributed by atoms with van der Waals surface area (Å²) in [5, 5.41) is 15.3. The van der Waals surface area contributed by atoms with Gasteiger partial charge in [0.15, 0.2) is 0 Å². The first-order valence-electron chi connectivity index (χ1n) is 13.3. The number of nitriles is 1. The van der Waals surface area contributed by atoms with E-state index in [1.807, 2.05) is 63.2 Å². The van der Waals surface area contributed by atoms with Crippen molar-refractivity contribution in [2.24, 2.45) is 0 Å². The first-order valence-corrected chi connectivity index (χ1v) is 13.3. The monoisotopic (exact) mass is 541 g/mol. The van der Waals surface area contributed by atoms with Crippen LogP contribution in [-0.4, -0.2) is 53.2 Å². The fraction of sp³-hybridized carbons (Fsp3) is 0.355. The van der Waals surface area contributed by atoms with Gasteiger partial charge in [0, 0.05) is 6.54 Å². The van der Waals surface area contributed by atoms with Crippen molar-refractivity contribution in [2.75, 3.05) is 25.0 Å². The molecule has 1 saturated heterocycles. The molecular weight excluding hydrogens is 506 g/mol. The largest absolute Gasteiger partial charge is 0.485 e. The van der Waals surface area contributed by atoms with Crippen LogP contribution < -0.4 is 15.4 Å². The highest BCUT2D eigenvalue weighted by molar-refractivity contribution is 5.94. The van der Waals surface area contributed by atoms with Crippen molar-refractivity contribution < 1.29 is 19.1 Å². The van der Waals surface area contributed by atoms with Gasteiger partial charge in [-0.05, 0) is 62.1 Å². The molecule has 1 aromatic heterocycles. The predicted molar refractivity (Wildman–Crippen MR) is 152 cm³/mol. The first kappa shape index (κ1) is 28.6. The zero-order valence-electron chi connectivity index (χ0n) is 23.3. The Morgan fingerprint density at radius 1 is 1.05 bits per heavy atom. The van der Waals surface area contributed by atoms with Crippen LogP contribution in [0.25, 0.3) is 0 Å². The number of aromatic nitrogens is 1. The number of anilines is 1. The third kappa shape index (κ3) is 7.80. The van der Waals surface area contributed by atoms with Gasteiger partial charge >= 0.3 is 6.09 Å². The number of pyridine rings is 1. The highest BCUT2D eigenvalue weighted by atomic mass is 16.6. The minimum atomic E-state index is -0.589. The number of nitrogens with zero attached hydrogens (tertiary/aromatic N) is 3. The maximum Gasteiger partial charge on any atom is 0.410 e. The lowest BCUT2D eigenvalue weighted by Crippen LogP contribution is -2.57. The summed E-state index contributed by atoms with van der Waals surface area (Å²) in [6.45, 7) is 9.02. The molecule has 2 amide bonds. The molecule has 40 heavy (non-hydrogen) atoms. The van der Waals surface area contributed by atoms with Crippen LogP contribution in [0.1, 0.15) is 56.3 Å². The van der Waals surface area contributed by atoms with E-state index in [0.717, 1.165) is 11.1 Å². The normalized spacial score (nSPS) is 14.8. The molecule has 1 unspecified atom stereocenters. The van der Waals surface area contributed by atoms with E-state index in [2.05, 4.69) is 28.6 Å². The van der Waals surface area contributed by atoms with Gasteiger partial charge < -0.3 is 25.0 Å². The molecule has 9 heteroatoms. The number of ether oxygens (including phenoxy) is 2. The number of amides is 2. The highest BCUT2D eigenvalue weighted by Crippen LogP contribution is 2.23. The lowest BCUT2D eigenvalue weighted by atomic mass is 9.98. The molecule has 2 atom stereocenters. The lowest BCUT2D eigenvalue weighted by molar-refractivity contribution is -0.118. The summed E-state index contributed by atoms with van der Waals surface area (Å²) in [6.07, 6.45) is 1.07. The van der Waals surface area contributed by atoms with Gasteiger partial charge in [0.1, 0.15) is 29.3 Å². The zero-order chi connectivity index (χ0) is 28.7. The maximum atomic E-state index is 13.3. The molecule has 0 spiro atoms. The fourth-order valence-electron chi connectivity index (χ4n) is 4.21. The first-order chi connectivity index (χ1) is 19.1. The molecule has 0 aliphatic carbocycles. The molecule has 208 valence electrons. The molecule has 2 aromatic carbocycles. The van der Waals surface area contributed by atoms with Crippen molar-refractivity contribution >= 4 is 17.8 Å². The Balaban J connectivity index is 1.32. The van der Waals surface area contributed by atoms with Crippen molar-refractivity contribution in [3.05, 3.63) is 89.6 Å². The standard InChI is InChI=1S/C31H35N5O4/c1-21(23-12-10-22(16-32)11-13-23)17-34-28(24-8-6-5-7-9-24)29(37)35-27-15-14-25(18-33-27)39-26-19-36(20-26)30(38)40-31(2,3)4/h5-15,18,21,26,28,34H,17,19-20H2,1-4H3,(H,33,35,37)/t21?,28-/m0/s1. The van der Waals surface area contributed by atoms with Gasteiger partial charge in [-0.3, -0.25) is 4.79 Å². The van der Waals surface area contributed by atoms with Gasteiger partial charge in [-0.25, -0.2) is 9.78 Å². The summed E-state index contributed by atoms with van der Waals surface area (Å²) >= 11 is 0. The second-order valence-corrected chi connectivity index (χ2v) is 10.9. The average molecular weight is 542 g/mol. The summed E-state index contributed by atoms with van der Waals surface area (Å²) in [4.78, 5) is 31.4. The predicted octanol–water partition coefficient (Wildman–Crippen LogP) is 5.02. The Kier molecular flexibility index (Phi) is 9.02. The summed E-state index contributed by atoms with van der Waals surface area (Å²) in [7, 11) is 0. The second-order valence-electron chi connectivity index (χ2n) is 10.9. The van der Waals surface area contributed by atoms with Crippen LogP contribution in [0.4, 0.5) is 10.6 Å². The highest BCUT2D eigenvalue weighted by Gasteiger charge is 2.35. The number of benzene rings is 2. The SMILES string of the molecule is CC(CN[C@H](C(=O)Nc1ccc(OC2CN(C(=O)OC(C)(C)C)C2)cn1)c1ccccc1)c1ccc(C#N)cc1. The molecule has 1 aliphatic rings. The van der Waals surface area contributed by atoms with E-state index in [9.17, 15) is 9.59 Å². The van der Waals surface area contributed by atoms with Gasteiger partial charge in [-0.2, -0.15) is 5.26 Å². The molecular formula is C31H35N5O4. The van der Waals surface area contributed by atoms with Crippen molar-refractivity contribution in [3.8, 4) is 11.8 Å². The van der Waals surface area contributed by atoms with Crippen LogP contribution in [0, 0.1) is 11.3 Å². The molecule has 0 saturated carbocycles. The van der Waals surface area contributed by atoms with Gasteiger partial charge in [-0.15, -0.1) is 0 Å². The van der Waals surface area contributed by atoms with E-state index in [4.69, 9.17) is 14.7 Å². The lowest BCUT2D eigenvalue weighted by Gasteiger charge is -2.39. The van der Waals surface area contributed by atoms with E-state index in [-0.39, 0.29) is 24.0 Å². The van der Waals surface area contributed by atoms with Crippen LogP contribution in [0.15, 0.2) is 72.9 Å². The second kappa shape index (κ2) is 12.6. The van der Waals surface area contributed by atoms with Crippen molar-refractivity contribution in [2.45, 2.75) is 51.4 Å². The molecule has 0 radical (unpaired) electrons. The molecule has 0 bridgehead atoms. The van der Waals surface area contributed by atoms with E-state index >= 15 is 0 Å². The van der Waals surface area contributed by atoms with E-state index in [1.54, 1.807) is 35.4 Å². The van der Waals surface area contributed by atoms with E-state index in [1.165, 1.54) is 0 Å². The average Bonchev–Trinajstić information content (AvgIpc) is 2.91. The summed E-state index contributed by atoms with van der Waals surface area (Å²) in [5.74, 6) is 0.857. The number of likely N-dealkylation sites (tertiary alicyclic amines) is 1. The minimum Gasteiger partial charge on any atom is -0.485 e. The number of carbonyl (C=O) groups excluding carboxylic acids is 2. The third-order valence-electron chi connectivity index (χ3n) is 6.42. The summed E-state index contributed by atoms with van der Waals surface area (Å²) < 4.78 is 11.3. The van der Waals surface area contributed by atoms with Crippen molar-refractivity contribution in [1.82, 2.24) is 15.2 Å². The van der Waals surface area contributed by atoms with Gasteiger partial charge in [0.25, 0.3) is 0 Å². The van der Waals surface area contributed by atoms with E-state index < -0.39 is 11.6 Å². The van der Waals surface area contributed by atoms with Crippen LogP contribution in [0.2, 0.25) is 0 Å². The molecule has 2 N–H and O–H groups in total. The quantitative estimate of drug-likeness (QED) is 0.390. The Hall–Kier alpha value is -4.42. The van der Waals surface area contributed by atoms with Crippen LogP contribution >= 0.6 is 0 Å². The number of hydrogen-bond acceptors (Lipinski definition) is 7. The Morgan fingerprint density at radius 2 is 1.75 bits per heavy atom. The van der Waals surface area contributed by atoms with Gasteiger partial charge in [-0.1, -0.05) is 49.4 Å². The van der Waals surface area contributed by atoms with E-state index in [0.29, 0.717) is 36.8 Å². The molecule has 4 rings (SSSR count). The topological polar surface area (TPSA) is 117 Å². The number of hydrogen-bond donors (Lipinski definition) is 2. The summed E-state index contributed by atoms with van der Waals surface area (Å²) in [6, 6.07) is 22.0.